The predicted octanol–water partition coefficient (Wildman–Crippen LogP) is 5.86. The van der Waals surface area contributed by atoms with Gasteiger partial charge in [-0.25, -0.2) is 9.18 Å². The number of carbonyl (C=O) groups excluding carboxylic acids is 2. The molecule has 1 amide bonds. The van der Waals surface area contributed by atoms with Gasteiger partial charge in [0, 0.05) is 10.9 Å². The van der Waals surface area contributed by atoms with Gasteiger partial charge >= 0.3 is 5.97 Å². The highest BCUT2D eigenvalue weighted by Gasteiger charge is 2.45. The molecule has 1 saturated carbocycles. The van der Waals surface area contributed by atoms with E-state index in [-0.39, 0.29) is 18.9 Å². The third-order valence-electron chi connectivity index (χ3n) is 5.59. The molecule has 0 spiro atoms. The summed E-state index contributed by atoms with van der Waals surface area (Å²) in [5.41, 5.74) is -0.526. The van der Waals surface area contributed by atoms with Crippen LogP contribution in [0.3, 0.4) is 0 Å². The molecule has 1 aliphatic rings. The fraction of sp³-hybridized carbons (Fsp3) is 0.478. The lowest BCUT2D eigenvalue weighted by atomic mass is 9.80. The maximum absolute atomic E-state index is 15.7. The van der Waals surface area contributed by atoms with E-state index in [0.29, 0.717) is 29.3 Å². The Labute approximate surface area is 175 Å². The zero-order valence-electron chi connectivity index (χ0n) is 17.4. The summed E-state index contributed by atoms with van der Waals surface area (Å²) in [7, 11) is 1.31. The number of esters is 1. The maximum atomic E-state index is 15.7. The Morgan fingerprint density at radius 1 is 1.21 bits per heavy atom. The highest BCUT2D eigenvalue weighted by atomic mass is 32.1. The van der Waals surface area contributed by atoms with Gasteiger partial charge in [0.15, 0.2) is 5.67 Å². The standard InChI is InChI=1S/C23H28FNO3S/c1-15(2)25(22(27)23(24)12-10-16(3)11-13-23)18-14-19(17-8-6-5-7-9-17)29-20(18)21(26)28-4/h5-9,14-16H,10-13H2,1-4H3. The van der Waals surface area contributed by atoms with Crippen LogP contribution in [-0.2, 0) is 9.53 Å². The van der Waals surface area contributed by atoms with E-state index in [1.807, 2.05) is 44.2 Å². The molecule has 156 valence electrons. The number of benzene rings is 1. The molecule has 0 aliphatic heterocycles. The van der Waals surface area contributed by atoms with Gasteiger partial charge in [-0.05, 0) is 57.1 Å². The number of nitrogens with zero attached hydrogens (tertiary/aromatic N) is 1. The average Bonchev–Trinajstić information content (AvgIpc) is 3.15. The van der Waals surface area contributed by atoms with Crippen molar-refractivity contribution >= 4 is 28.9 Å². The summed E-state index contributed by atoms with van der Waals surface area (Å²) in [6.45, 7) is 5.77. The van der Waals surface area contributed by atoms with Gasteiger partial charge in [0.05, 0.1) is 12.8 Å². The summed E-state index contributed by atoms with van der Waals surface area (Å²) >= 11 is 1.26. The fourth-order valence-electron chi connectivity index (χ4n) is 3.82. The molecule has 0 saturated heterocycles. The molecule has 0 bridgehead atoms. The van der Waals surface area contributed by atoms with Crippen LogP contribution in [0.4, 0.5) is 10.1 Å². The zero-order chi connectivity index (χ0) is 21.2. The van der Waals surface area contributed by atoms with Crippen LogP contribution in [0, 0.1) is 5.92 Å². The molecule has 0 unspecified atom stereocenters. The Hall–Kier alpha value is -2.21. The van der Waals surface area contributed by atoms with Gasteiger partial charge in [-0.2, -0.15) is 0 Å². The van der Waals surface area contributed by atoms with Crippen LogP contribution < -0.4 is 4.90 Å². The number of rotatable bonds is 5. The van der Waals surface area contributed by atoms with E-state index in [2.05, 4.69) is 6.92 Å². The van der Waals surface area contributed by atoms with Crippen molar-refractivity contribution in [3.8, 4) is 10.4 Å². The number of thiophene rings is 1. The quantitative estimate of drug-likeness (QED) is 0.572. The van der Waals surface area contributed by atoms with Crippen LogP contribution in [0.2, 0.25) is 0 Å². The molecule has 0 N–H and O–H groups in total. The normalized spacial score (nSPS) is 21.8. The average molecular weight is 418 g/mol. The molecule has 29 heavy (non-hydrogen) atoms. The van der Waals surface area contributed by atoms with Gasteiger partial charge in [0.25, 0.3) is 5.91 Å². The molecule has 1 aliphatic carbocycles. The Morgan fingerprint density at radius 2 is 1.83 bits per heavy atom. The van der Waals surface area contributed by atoms with Gasteiger partial charge in [-0.15, -0.1) is 11.3 Å². The van der Waals surface area contributed by atoms with Crippen molar-refractivity contribution in [2.24, 2.45) is 5.92 Å². The van der Waals surface area contributed by atoms with Crippen molar-refractivity contribution in [3.05, 3.63) is 41.3 Å². The minimum atomic E-state index is -1.89. The first kappa shape index (κ1) is 21.5. The molecule has 1 fully saturated rings. The molecule has 2 aromatic rings. The van der Waals surface area contributed by atoms with Crippen molar-refractivity contribution in [3.63, 3.8) is 0 Å². The maximum Gasteiger partial charge on any atom is 0.350 e. The van der Waals surface area contributed by atoms with E-state index in [9.17, 15) is 9.59 Å². The summed E-state index contributed by atoms with van der Waals surface area (Å²) in [6, 6.07) is 11.1. The monoisotopic (exact) mass is 417 g/mol. The highest BCUT2D eigenvalue weighted by molar-refractivity contribution is 7.18. The fourth-order valence-corrected chi connectivity index (χ4v) is 4.89. The smallest absolute Gasteiger partial charge is 0.350 e. The van der Waals surface area contributed by atoms with Gasteiger partial charge in [-0.3, -0.25) is 4.79 Å². The first-order chi connectivity index (χ1) is 13.8. The largest absolute Gasteiger partial charge is 0.465 e. The lowest BCUT2D eigenvalue weighted by Gasteiger charge is -2.37. The number of methoxy groups -OCH3 is 1. The van der Waals surface area contributed by atoms with Crippen molar-refractivity contribution in [1.82, 2.24) is 0 Å². The van der Waals surface area contributed by atoms with E-state index < -0.39 is 17.5 Å². The summed E-state index contributed by atoms with van der Waals surface area (Å²) < 4.78 is 20.6. The summed E-state index contributed by atoms with van der Waals surface area (Å²) in [6.07, 6.45) is 1.83. The van der Waals surface area contributed by atoms with Crippen LogP contribution in [0.15, 0.2) is 36.4 Å². The molecule has 4 nitrogen and oxygen atoms in total. The number of hydrogen-bond donors (Lipinski definition) is 0. The van der Waals surface area contributed by atoms with Gasteiger partial charge in [0.1, 0.15) is 4.88 Å². The number of hydrogen-bond acceptors (Lipinski definition) is 4. The molecule has 1 aromatic carbocycles. The van der Waals surface area contributed by atoms with Gasteiger partial charge in [0.2, 0.25) is 0 Å². The number of alkyl halides is 1. The summed E-state index contributed by atoms with van der Waals surface area (Å²) in [5, 5.41) is 0. The highest BCUT2D eigenvalue weighted by Crippen LogP contribution is 2.42. The second kappa shape index (κ2) is 8.66. The third-order valence-corrected chi connectivity index (χ3v) is 6.74. The molecule has 0 radical (unpaired) electrons. The second-order valence-corrected chi connectivity index (χ2v) is 9.15. The Balaban J connectivity index is 2.05. The van der Waals surface area contributed by atoms with E-state index >= 15 is 4.39 Å². The molecule has 1 heterocycles. The second-order valence-electron chi connectivity index (χ2n) is 8.10. The van der Waals surface area contributed by atoms with Crippen LogP contribution in [0.1, 0.15) is 56.1 Å². The number of ether oxygens (including phenoxy) is 1. The van der Waals surface area contributed by atoms with Crippen LogP contribution in [-0.4, -0.2) is 30.7 Å². The molecule has 1 aromatic heterocycles. The number of amides is 1. The van der Waals surface area contributed by atoms with Crippen molar-refractivity contribution < 1.29 is 18.7 Å². The molecule has 3 rings (SSSR count). The predicted molar refractivity (Wildman–Crippen MR) is 115 cm³/mol. The van der Waals surface area contributed by atoms with E-state index in [1.54, 1.807) is 6.07 Å². The van der Waals surface area contributed by atoms with Gasteiger partial charge < -0.3 is 9.64 Å². The topological polar surface area (TPSA) is 46.6 Å². The number of halogens is 1. The minimum absolute atomic E-state index is 0.222. The molecular weight excluding hydrogens is 389 g/mol. The van der Waals surface area contributed by atoms with Crippen molar-refractivity contribution in [2.75, 3.05) is 12.0 Å². The van der Waals surface area contributed by atoms with E-state index in [0.717, 1.165) is 10.4 Å². The van der Waals surface area contributed by atoms with E-state index in [4.69, 9.17) is 4.74 Å². The summed E-state index contributed by atoms with van der Waals surface area (Å²) in [4.78, 5) is 28.5. The third kappa shape index (κ3) is 4.37. The Bertz CT molecular complexity index is 870. The van der Waals surface area contributed by atoms with Crippen molar-refractivity contribution in [2.45, 2.75) is 58.2 Å². The van der Waals surface area contributed by atoms with Crippen LogP contribution in [0.5, 0.6) is 0 Å². The van der Waals surface area contributed by atoms with Crippen LogP contribution >= 0.6 is 11.3 Å². The Kier molecular flexibility index (Phi) is 6.42. The zero-order valence-corrected chi connectivity index (χ0v) is 18.2. The SMILES string of the molecule is COC(=O)c1sc(-c2ccccc2)cc1N(C(=O)C1(F)CCC(C)CC1)C(C)C. The van der Waals surface area contributed by atoms with Gasteiger partial charge in [-0.1, -0.05) is 37.3 Å². The molecule has 0 atom stereocenters. The lowest BCUT2D eigenvalue weighted by molar-refractivity contribution is -0.133. The van der Waals surface area contributed by atoms with E-state index in [1.165, 1.54) is 23.3 Å². The Morgan fingerprint density at radius 3 is 2.38 bits per heavy atom. The first-order valence-corrected chi connectivity index (χ1v) is 10.9. The summed E-state index contributed by atoms with van der Waals surface area (Å²) in [5.74, 6) is -0.645. The molecule has 6 heteroatoms. The lowest BCUT2D eigenvalue weighted by Crippen LogP contribution is -2.51. The number of anilines is 1. The number of carbonyl (C=O) groups is 2. The van der Waals surface area contributed by atoms with Crippen LogP contribution in [0.25, 0.3) is 10.4 Å². The molecular formula is C23H28FNO3S. The minimum Gasteiger partial charge on any atom is -0.465 e. The first-order valence-electron chi connectivity index (χ1n) is 10.1. The van der Waals surface area contributed by atoms with Crippen molar-refractivity contribution in [1.29, 1.82) is 0 Å².